The zero-order valence-electron chi connectivity index (χ0n) is 20.2. The number of imidazole rings is 2. The number of aromatic amines is 1. The molecule has 2 aromatic heterocycles. The van der Waals surface area contributed by atoms with Crippen molar-refractivity contribution in [3.05, 3.63) is 94.8 Å². The van der Waals surface area contributed by atoms with E-state index in [9.17, 15) is 4.39 Å². The molecule has 3 heterocycles. The molecule has 184 valence electrons. The number of H-pyrrole nitrogens is 1. The van der Waals surface area contributed by atoms with Crippen molar-refractivity contribution in [2.75, 3.05) is 19.6 Å². The van der Waals surface area contributed by atoms with Gasteiger partial charge < -0.3 is 19.0 Å². The standard InChI is InChI=1S/C29H30FN5S/c30-23-11-9-22(10-12-23)20-35-27-8-4-1-5-24(27)31-28(35)19-21-13-15-33(16-14-21)17-18-34-26-7-3-2-6-25(26)32-29(34)36/h1-12,21H,13-20H2,(H,32,36). The lowest BCUT2D eigenvalue weighted by molar-refractivity contribution is 0.177. The van der Waals surface area contributed by atoms with Crippen molar-refractivity contribution in [2.45, 2.75) is 32.4 Å². The Hall–Kier alpha value is -3.29. The molecule has 0 spiro atoms. The summed E-state index contributed by atoms with van der Waals surface area (Å²) in [4.78, 5) is 10.9. The Kier molecular flexibility index (Phi) is 6.42. The number of para-hydroxylation sites is 4. The van der Waals surface area contributed by atoms with Gasteiger partial charge in [-0.1, -0.05) is 36.4 Å². The number of piperidine rings is 1. The second kappa shape index (κ2) is 9.99. The van der Waals surface area contributed by atoms with Gasteiger partial charge in [0.2, 0.25) is 0 Å². The number of hydrogen-bond acceptors (Lipinski definition) is 3. The fraction of sp³-hybridized carbons (Fsp3) is 0.310. The van der Waals surface area contributed by atoms with Gasteiger partial charge >= 0.3 is 0 Å². The Morgan fingerprint density at radius 1 is 0.861 bits per heavy atom. The fourth-order valence-electron chi connectivity index (χ4n) is 5.47. The molecule has 0 bridgehead atoms. The number of rotatable bonds is 7. The summed E-state index contributed by atoms with van der Waals surface area (Å²) in [5.74, 6) is 1.54. The van der Waals surface area contributed by atoms with Gasteiger partial charge in [0.1, 0.15) is 11.6 Å². The van der Waals surface area contributed by atoms with Gasteiger partial charge in [0.15, 0.2) is 4.77 Å². The zero-order valence-corrected chi connectivity index (χ0v) is 21.1. The third-order valence-electron chi connectivity index (χ3n) is 7.49. The monoisotopic (exact) mass is 499 g/mol. The summed E-state index contributed by atoms with van der Waals surface area (Å²) in [5, 5.41) is 0. The average Bonchev–Trinajstić information content (AvgIpc) is 3.41. The van der Waals surface area contributed by atoms with Crippen LogP contribution in [-0.2, 0) is 19.5 Å². The van der Waals surface area contributed by atoms with Crippen LogP contribution in [0.2, 0.25) is 0 Å². The van der Waals surface area contributed by atoms with Crippen LogP contribution >= 0.6 is 12.2 Å². The third-order valence-corrected chi connectivity index (χ3v) is 7.81. The van der Waals surface area contributed by atoms with Crippen molar-refractivity contribution < 1.29 is 4.39 Å². The first kappa shape index (κ1) is 23.1. The van der Waals surface area contributed by atoms with Crippen molar-refractivity contribution >= 4 is 34.3 Å². The lowest BCUT2D eigenvalue weighted by Crippen LogP contribution is -2.36. The Balaban J connectivity index is 1.12. The van der Waals surface area contributed by atoms with Gasteiger partial charge in [-0.2, -0.15) is 0 Å². The highest BCUT2D eigenvalue weighted by molar-refractivity contribution is 7.71. The summed E-state index contributed by atoms with van der Waals surface area (Å²) in [7, 11) is 0. The molecule has 0 unspecified atom stereocenters. The highest BCUT2D eigenvalue weighted by Crippen LogP contribution is 2.25. The molecule has 5 nitrogen and oxygen atoms in total. The number of benzene rings is 3. The van der Waals surface area contributed by atoms with Crippen molar-refractivity contribution in [3.63, 3.8) is 0 Å². The molecule has 6 rings (SSSR count). The minimum Gasteiger partial charge on any atom is -0.331 e. The first-order valence-electron chi connectivity index (χ1n) is 12.7. The van der Waals surface area contributed by atoms with E-state index in [1.54, 1.807) is 0 Å². The van der Waals surface area contributed by atoms with E-state index in [2.05, 4.69) is 55.4 Å². The summed E-state index contributed by atoms with van der Waals surface area (Å²) in [6.45, 7) is 4.81. The molecule has 3 aromatic carbocycles. The molecule has 0 radical (unpaired) electrons. The van der Waals surface area contributed by atoms with Gasteiger partial charge in [0.25, 0.3) is 0 Å². The maximum Gasteiger partial charge on any atom is 0.178 e. The number of hydrogen-bond donors (Lipinski definition) is 1. The zero-order chi connectivity index (χ0) is 24.5. The summed E-state index contributed by atoms with van der Waals surface area (Å²) in [6.07, 6.45) is 3.30. The summed E-state index contributed by atoms with van der Waals surface area (Å²) in [5.41, 5.74) is 5.54. The lowest BCUT2D eigenvalue weighted by atomic mass is 9.93. The molecule has 0 saturated carbocycles. The minimum absolute atomic E-state index is 0.201. The molecule has 1 aliphatic heterocycles. The van der Waals surface area contributed by atoms with Gasteiger partial charge in [-0.05, 0) is 86.0 Å². The largest absolute Gasteiger partial charge is 0.331 e. The van der Waals surface area contributed by atoms with E-state index >= 15 is 0 Å². The number of fused-ring (bicyclic) bond motifs is 2. The minimum atomic E-state index is -0.201. The van der Waals surface area contributed by atoms with Crippen LogP contribution in [0.5, 0.6) is 0 Å². The Bertz CT molecular complexity index is 1540. The molecule has 1 fully saturated rings. The summed E-state index contributed by atoms with van der Waals surface area (Å²) < 4.78 is 18.8. The molecule has 36 heavy (non-hydrogen) atoms. The van der Waals surface area contributed by atoms with E-state index in [1.807, 2.05) is 24.3 Å². The maximum atomic E-state index is 13.4. The van der Waals surface area contributed by atoms with Gasteiger partial charge in [0, 0.05) is 26.1 Å². The predicted octanol–water partition coefficient (Wildman–Crippen LogP) is 6.19. The molecule has 7 heteroatoms. The smallest absolute Gasteiger partial charge is 0.178 e. The van der Waals surface area contributed by atoms with Crippen LogP contribution in [0.4, 0.5) is 4.39 Å². The number of nitrogens with zero attached hydrogens (tertiary/aromatic N) is 4. The van der Waals surface area contributed by atoms with Crippen LogP contribution in [0.15, 0.2) is 72.8 Å². The van der Waals surface area contributed by atoms with E-state index in [0.717, 1.165) is 65.3 Å². The number of halogens is 1. The average molecular weight is 500 g/mol. The quantitative estimate of drug-likeness (QED) is 0.272. The second-order valence-electron chi connectivity index (χ2n) is 9.82. The molecular weight excluding hydrogens is 469 g/mol. The van der Waals surface area contributed by atoms with Crippen molar-refractivity contribution in [2.24, 2.45) is 5.92 Å². The highest BCUT2D eigenvalue weighted by Gasteiger charge is 2.22. The van der Waals surface area contributed by atoms with Crippen LogP contribution in [0.1, 0.15) is 24.2 Å². The number of aromatic nitrogens is 4. The third kappa shape index (κ3) is 4.73. The van der Waals surface area contributed by atoms with Crippen LogP contribution in [0, 0.1) is 16.5 Å². The first-order chi connectivity index (χ1) is 17.6. The predicted molar refractivity (Wildman–Crippen MR) is 145 cm³/mol. The molecule has 1 N–H and O–H groups in total. The number of nitrogens with one attached hydrogen (secondary N) is 1. The Morgan fingerprint density at radius 3 is 2.39 bits per heavy atom. The molecule has 0 amide bonds. The summed E-state index contributed by atoms with van der Waals surface area (Å²) in [6, 6.07) is 23.4. The molecule has 0 aliphatic carbocycles. The molecular formula is C29H30FN5S. The SMILES string of the molecule is Fc1ccc(Cn2c(CC3CCN(CCn4c(=S)[nH]c5ccccc54)CC3)nc3ccccc32)cc1. The van der Waals surface area contributed by atoms with E-state index in [1.165, 1.54) is 30.5 Å². The van der Waals surface area contributed by atoms with E-state index < -0.39 is 0 Å². The highest BCUT2D eigenvalue weighted by atomic mass is 32.1. The summed E-state index contributed by atoms with van der Waals surface area (Å²) >= 11 is 5.57. The topological polar surface area (TPSA) is 41.8 Å². The van der Waals surface area contributed by atoms with Crippen molar-refractivity contribution in [1.82, 2.24) is 24.0 Å². The first-order valence-corrected chi connectivity index (χ1v) is 13.1. The van der Waals surface area contributed by atoms with Crippen molar-refractivity contribution in [3.8, 4) is 0 Å². The van der Waals surface area contributed by atoms with Crippen LogP contribution in [0.3, 0.4) is 0 Å². The second-order valence-corrected chi connectivity index (χ2v) is 10.2. The van der Waals surface area contributed by atoms with Crippen molar-refractivity contribution in [1.29, 1.82) is 0 Å². The Morgan fingerprint density at radius 2 is 1.58 bits per heavy atom. The van der Waals surface area contributed by atoms with Gasteiger partial charge in [-0.25, -0.2) is 9.37 Å². The van der Waals surface area contributed by atoms with Crippen LogP contribution < -0.4 is 0 Å². The van der Waals surface area contributed by atoms with E-state index in [0.29, 0.717) is 12.5 Å². The van der Waals surface area contributed by atoms with E-state index in [-0.39, 0.29) is 5.82 Å². The Labute approximate surface area is 215 Å². The molecule has 1 saturated heterocycles. The van der Waals surface area contributed by atoms with E-state index in [4.69, 9.17) is 17.2 Å². The maximum absolute atomic E-state index is 13.4. The van der Waals surface area contributed by atoms with Crippen LogP contribution in [0.25, 0.3) is 22.1 Å². The number of likely N-dealkylation sites (tertiary alicyclic amines) is 1. The van der Waals surface area contributed by atoms with Gasteiger partial charge in [-0.3, -0.25) is 0 Å². The van der Waals surface area contributed by atoms with Gasteiger partial charge in [-0.15, -0.1) is 0 Å². The molecule has 0 atom stereocenters. The molecule has 1 aliphatic rings. The fourth-order valence-corrected chi connectivity index (χ4v) is 5.77. The van der Waals surface area contributed by atoms with Crippen LogP contribution in [-0.4, -0.2) is 43.6 Å². The van der Waals surface area contributed by atoms with Gasteiger partial charge in [0.05, 0.1) is 22.1 Å². The lowest BCUT2D eigenvalue weighted by Gasteiger charge is -2.32. The normalized spacial score (nSPS) is 15.2. The molecule has 5 aromatic rings.